The van der Waals surface area contributed by atoms with Crippen LogP contribution >= 0.6 is 32.9 Å². The van der Waals surface area contributed by atoms with Crippen molar-refractivity contribution in [3.8, 4) is 10.4 Å². The summed E-state index contributed by atoms with van der Waals surface area (Å²) in [5.74, 6) is 0. The van der Waals surface area contributed by atoms with Gasteiger partial charge in [0.2, 0.25) is 0 Å². The van der Waals surface area contributed by atoms with E-state index in [1.54, 1.807) is 32.8 Å². The average molecular weight is 432 g/mol. The maximum Gasteiger partial charge on any atom is 1.00 e. The standard InChI is InChI=1S/C18H16O3S4.Na/c1-11-3-6-14(9-12(11)2)17-16(18(22)24-23-17)10-13-4-7-15(8-5-13)25(19,20)21;/h3-9H,10H2,1-2H3,(H,19,20,21);/q;+1. The average Bonchev–Trinajstić information content (AvgIpc) is 2.91. The molecule has 1 heterocycles. The second kappa shape index (κ2) is 8.75. The molecular formula is C18H16NaO3S4+. The first-order valence-corrected chi connectivity index (χ1v) is 11.5. The van der Waals surface area contributed by atoms with Crippen molar-refractivity contribution in [2.75, 3.05) is 0 Å². The Labute approximate surface area is 188 Å². The van der Waals surface area contributed by atoms with Gasteiger partial charge in [-0.15, -0.1) is 0 Å². The third-order valence-electron chi connectivity index (χ3n) is 4.09. The van der Waals surface area contributed by atoms with Crippen LogP contribution in [0.5, 0.6) is 0 Å². The molecule has 2 aromatic carbocycles. The van der Waals surface area contributed by atoms with Gasteiger partial charge >= 0.3 is 29.6 Å². The second-order valence-electron chi connectivity index (χ2n) is 5.86. The van der Waals surface area contributed by atoms with Crippen LogP contribution in [0.3, 0.4) is 0 Å². The molecule has 0 bridgehead atoms. The van der Waals surface area contributed by atoms with Gasteiger partial charge < -0.3 is 0 Å². The van der Waals surface area contributed by atoms with Crippen molar-refractivity contribution in [2.24, 2.45) is 0 Å². The molecule has 3 aromatic rings. The van der Waals surface area contributed by atoms with Crippen molar-refractivity contribution < 1.29 is 42.5 Å². The van der Waals surface area contributed by atoms with Crippen molar-refractivity contribution in [3.63, 3.8) is 0 Å². The van der Waals surface area contributed by atoms with Crippen LogP contribution < -0.4 is 29.6 Å². The van der Waals surface area contributed by atoms with E-state index in [-0.39, 0.29) is 34.5 Å². The van der Waals surface area contributed by atoms with Crippen molar-refractivity contribution >= 4 is 43.0 Å². The molecular weight excluding hydrogens is 415 g/mol. The van der Waals surface area contributed by atoms with E-state index in [9.17, 15) is 8.42 Å². The minimum atomic E-state index is -4.17. The summed E-state index contributed by atoms with van der Waals surface area (Å²) in [6.45, 7) is 4.19. The smallest absolute Gasteiger partial charge is 0.282 e. The summed E-state index contributed by atoms with van der Waals surface area (Å²) in [7, 11) is -0.911. The van der Waals surface area contributed by atoms with E-state index in [1.807, 2.05) is 0 Å². The Morgan fingerprint density at radius 1 is 1.00 bits per heavy atom. The Balaban J connectivity index is 0.00000243. The molecule has 0 amide bonds. The molecule has 1 aromatic heterocycles. The van der Waals surface area contributed by atoms with Crippen LogP contribution in [0.2, 0.25) is 0 Å². The van der Waals surface area contributed by atoms with Crippen LogP contribution in [0, 0.1) is 17.7 Å². The summed E-state index contributed by atoms with van der Waals surface area (Å²) in [6, 6.07) is 12.7. The Hall–Kier alpha value is -0.380. The van der Waals surface area contributed by atoms with Crippen LogP contribution in [0.25, 0.3) is 10.4 Å². The fraction of sp³-hybridized carbons (Fsp3) is 0.167. The summed E-state index contributed by atoms with van der Waals surface area (Å²) >= 11 is 5.51. The number of rotatable bonds is 4. The number of aryl methyl sites for hydroxylation is 2. The van der Waals surface area contributed by atoms with Gasteiger partial charge in [-0.2, -0.15) is 8.42 Å². The molecule has 0 aliphatic heterocycles. The molecule has 8 heteroatoms. The predicted octanol–water partition coefficient (Wildman–Crippen LogP) is 2.66. The minimum Gasteiger partial charge on any atom is -0.282 e. The van der Waals surface area contributed by atoms with Crippen LogP contribution in [-0.4, -0.2) is 13.0 Å². The fourth-order valence-corrected chi connectivity index (χ4v) is 5.90. The largest absolute Gasteiger partial charge is 1.00 e. The molecule has 0 unspecified atom stereocenters. The first-order valence-electron chi connectivity index (χ1n) is 7.52. The van der Waals surface area contributed by atoms with Crippen molar-refractivity contribution in [2.45, 2.75) is 25.2 Å². The number of hydrogen-bond acceptors (Lipinski definition) is 5. The van der Waals surface area contributed by atoms with E-state index in [2.05, 4.69) is 32.0 Å². The van der Waals surface area contributed by atoms with Gasteiger partial charge in [-0.05, 0) is 48.2 Å². The molecule has 0 aliphatic rings. The molecule has 0 fully saturated rings. The van der Waals surface area contributed by atoms with Gasteiger partial charge in [0, 0.05) is 12.0 Å². The first-order chi connectivity index (χ1) is 11.8. The summed E-state index contributed by atoms with van der Waals surface area (Å²) in [6.07, 6.45) is 0.632. The zero-order chi connectivity index (χ0) is 18.2. The van der Waals surface area contributed by atoms with Gasteiger partial charge in [0.05, 0.1) is 9.77 Å². The Bertz CT molecular complexity index is 1080. The van der Waals surface area contributed by atoms with E-state index in [4.69, 9.17) is 16.8 Å². The maximum atomic E-state index is 11.2. The van der Waals surface area contributed by atoms with Gasteiger partial charge in [-0.25, -0.2) is 0 Å². The Morgan fingerprint density at radius 3 is 2.23 bits per heavy atom. The first kappa shape index (κ1) is 21.9. The summed E-state index contributed by atoms with van der Waals surface area (Å²) in [4.78, 5) is 1.06. The molecule has 130 valence electrons. The zero-order valence-electron chi connectivity index (χ0n) is 14.6. The van der Waals surface area contributed by atoms with E-state index >= 15 is 0 Å². The van der Waals surface area contributed by atoms with Crippen molar-refractivity contribution in [3.05, 3.63) is 68.5 Å². The Kier molecular flexibility index (Phi) is 7.38. The molecule has 0 spiro atoms. The molecule has 26 heavy (non-hydrogen) atoms. The van der Waals surface area contributed by atoms with Gasteiger partial charge in [0.25, 0.3) is 10.1 Å². The third kappa shape index (κ3) is 4.91. The van der Waals surface area contributed by atoms with Crippen LogP contribution in [0.4, 0.5) is 0 Å². The van der Waals surface area contributed by atoms with Crippen LogP contribution in [0.15, 0.2) is 47.4 Å². The second-order valence-corrected chi connectivity index (χ2v) is 10.1. The molecule has 1 N–H and O–H groups in total. The number of benzene rings is 2. The minimum absolute atomic E-state index is 0. The van der Waals surface area contributed by atoms with Gasteiger partial charge in [0.1, 0.15) is 3.82 Å². The van der Waals surface area contributed by atoms with E-state index < -0.39 is 10.1 Å². The third-order valence-corrected chi connectivity index (χ3v) is 8.15. The zero-order valence-corrected chi connectivity index (χ0v) is 19.9. The van der Waals surface area contributed by atoms with Crippen molar-refractivity contribution in [1.29, 1.82) is 0 Å². The van der Waals surface area contributed by atoms with E-state index in [0.29, 0.717) is 6.42 Å². The molecule has 0 saturated heterocycles. The fourth-order valence-electron chi connectivity index (χ4n) is 2.51. The van der Waals surface area contributed by atoms with Gasteiger partial charge in [-0.1, -0.05) is 63.2 Å². The molecule has 3 rings (SSSR count). The normalized spacial score (nSPS) is 11.2. The topological polar surface area (TPSA) is 54.4 Å². The molecule has 0 radical (unpaired) electrons. The van der Waals surface area contributed by atoms with Gasteiger partial charge in [0.15, 0.2) is 0 Å². The molecule has 0 atom stereocenters. The summed E-state index contributed by atoms with van der Waals surface area (Å²) in [5, 5.41) is 0. The summed E-state index contributed by atoms with van der Waals surface area (Å²) in [5.41, 5.74) is 5.70. The summed E-state index contributed by atoms with van der Waals surface area (Å²) < 4.78 is 32.3. The Morgan fingerprint density at radius 2 is 1.65 bits per heavy atom. The van der Waals surface area contributed by atoms with Crippen LogP contribution in [-0.2, 0) is 16.5 Å². The van der Waals surface area contributed by atoms with E-state index in [1.165, 1.54) is 23.3 Å². The quantitative estimate of drug-likeness (QED) is 0.299. The molecule has 0 saturated carbocycles. The molecule has 0 aliphatic carbocycles. The van der Waals surface area contributed by atoms with Crippen LogP contribution in [0.1, 0.15) is 22.3 Å². The van der Waals surface area contributed by atoms with E-state index in [0.717, 1.165) is 25.4 Å². The SMILES string of the molecule is Cc1ccc(-c2ssc(=S)c2Cc2ccc(S(=O)(=O)O)cc2)cc1C.[Na+]. The maximum absolute atomic E-state index is 11.2. The monoisotopic (exact) mass is 431 g/mol. The van der Waals surface area contributed by atoms with Gasteiger partial charge in [-0.3, -0.25) is 4.55 Å². The molecule has 3 nitrogen and oxygen atoms in total. The predicted molar refractivity (Wildman–Crippen MR) is 107 cm³/mol. The number of hydrogen-bond donors (Lipinski definition) is 1. The van der Waals surface area contributed by atoms with Crippen molar-refractivity contribution in [1.82, 2.24) is 0 Å².